The van der Waals surface area contributed by atoms with Crippen LogP contribution >= 0.6 is 57.7 Å². The van der Waals surface area contributed by atoms with E-state index < -0.39 is 56.6 Å². The summed E-state index contributed by atoms with van der Waals surface area (Å²) >= 11 is 10.1. The lowest BCUT2D eigenvalue weighted by Gasteiger charge is -2.17. The molecule has 0 saturated carbocycles. The van der Waals surface area contributed by atoms with Crippen molar-refractivity contribution in [1.82, 2.24) is 46.6 Å². The van der Waals surface area contributed by atoms with Gasteiger partial charge in [0, 0.05) is 60.5 Å². The van der Waals surface area contributed by atoms with E-state index in [-0.39, 0.29) is 77.8 Å². The van der Waals surface area contributed by atoms with Crippen molar-refractivity contribution >= 4 is 240 Å². The second-order valence-corrected chi connectivity index (χ2v) is 37.5. The Morgan fingerprint density at radius 3 is 1.13 bits per heavy atom. The van der Waals surface area contributed by atoms with Crippen LogP contribution in [0.15, 0.2) is 167 Å². The van der Waals surface area contributed by atoms with Crippen molar-refractivity contribution in [3.63, 3.8) is 0 Å². The lowest BCUT2D eigenvalue weighted by Crippen LogP contribution is -2.22. The fraction of sp³-hybridized carbons (Fsp3) is 0.145. The topological polar surface area (TPSA) is 574 Å². The summed E-state index contributed by atoms with van der Waals surface area (Å²) in [6, 6.07) is 38.8. The van der Waals surface area contributed by atoms with Crippen molar-refractivity contribution in [1.29, 1.82) is 21.0 Å². The number of aromatic nitrogens is 8. The number of hydrogen-bond donors (Lipinski definition) is 7. The fourth-order valence-electron chi connectivity index (χ4n) is 11.7. The molecular formula is C76H60ClN25O13S8. The third-order valence-corrected chi connectivity index (χ3v) is 24.3. The van der Waals surface area contributed by atoms with Gasteiger partial charge in [-0.05, 0) is 159 Å². The molecule has 622 valence electrons. The molecule has 0 radical (unpaired) electrons. The summed E-state index contributed by atoms with van der Waals surface area (Å²) in [7, 11) is -9.32. The highest BCUT2D eigenvalue weighted by atomic mass is 35.5. The molecule has 7 N–H and O–H groups in total. The van der Waals surface area contributed by atoms with Gasteiger partial charge in [0.15, 0.2) is 42.6 Å². The number of nitrogens with zero attached hydrogens (tertiary/aromatic N) is 22. The molecule has 38 nitrogen and oxygen atoms in total. The first-order valence-corrected chi connectivity index (χ1v) is 45.5. The number of sulfonamides is 4. The van der Waals surface area contributed by atoms with Crippen molar-refractivity contribution in [3.8, 4) is 47.3 Å². The predicted molar refractivity (Wildman–Crippen MR) is 468 cm³/mol. The van der Waals surface area contributed by atoms with Gasteiger partial charge in [-0.3, -0.25) is 19.0 Å². The van der Waals surface area contributed by atoms with E-state index in [4.69, 9.17) is 16.9 Å². The molecule has 7 aromatic carbocycles. The van der Waals surface area contributed by atoms with Crippen LogP contribution in [0.4, 0.5) is 59.8 Å². The maximum atomic E-state index is 12.9. The number of phenolic OH excluding ortho intramolecular Hbond substituents is 4. The molecule has 0 aliphatic carbocycles. The normalized spacial score (nSPS) is 11.9. The number of nitrogens with one attached hydrogen (secondary N) is 3. The smallest absolute Gasteiger partial charge is 0.257 e. The Balaban J connectivity index is 0.000000152. The minimum Gasteiger partial charge on any atom is -0.507 e. The zero-order valence-corrected chi connectivity index (χ0v) is 72.8. The SMILES string of the molecule is Cc1nc2nsc(N=Nc3cc(C(=O)N(C)C)c(O)c4cccc(NS(C)(=O)=O)c34)c2cc1C#N.Cc1nc2nsc(N=Nc3cc(S(=O)(=O)N(C)C)c(O)c4cccc(NS(C)(=O)=O)c34)c2cc1C#N.Cc1nc2nsc(N=Nc3ccc(O)c(Cl)c3)c2cc1C#N.Cc1nc2nsc(N=Nc3ccc(O)c4c(NS(C)(=O)=O)cccc34)c2cc1C#N. The molecule has 15 rings (SSSR count). The van der Waals surface area contributed by atoms with Gasteiger partial charge in [0.05, 0.1) is 136 Å². The van der Waals surface area contributed by atoms with Gasteiger partial charge < -0.3 is 25.3 Å². The summed E-state index contributed by atoms with van der Waals surface area (Å²) in [5.41, 5.74) is 7.26. The third kappa shape index (κ3) is 19.6. The molecule has 1 amide bonds. The van der Waals surface area contributed by atoms with Crippen molar-refractivity contribution in [2.75, 3.05) is 61.1 Å². The van der Waals surface area contributed by atoms with E-state index in [2.05, 4.69) is 117 Å². The number of azo groups is 4. The molecule has 0 aliphatic rings. The van der Waals surface area contributed by atoms with Gasteiger partial charge in [-0.2, -0.15) is 38.5 Å². The lowest BCUT2D eigenvalue weighted by molar-refractivity contribution is 0.0824. The van der Waals surface area contributed by atoms with Crippen LogP contribution < -0.4 is 14.2 Å². The number of rotatable bonds is 17. The second kappa shape index (κ2) is 35.7. The summed E-state index contributed by atoms with van der Waals surface area (Å²) in [4.78, 5) is 30.8. The molecule has 123 heavy (non-hydrogen) atoms. The number of halogens is 1. The van der Waals surface area contributed by atoms with Gasteiger partial charge in [-0.15, -0.1) is 40.9 Å². The molecule has 0 saturated heterocycles. The van der Waals surface area contributed by atoms with E-state index in [1.54, 1.807) is 109 Å². The maximum Gasteiger partial charge on any atom is 0.257 e. The van der Waals surface area contributed by atoms with E-state index in [0.717, 1.165) is 75.3 Å². The highest BCUT2D eigenvalue weighted by Gasteiger charge is 2.28. The number of carbonyl (C=O) groups excluding carboxylic acids is 1. The molecule has 0 aliphatic heterocycles. The number of amides is 1. The highest BCUT2D eigenvalue weighted by Crippen LogP contribution is 2.47. The molecule has 0 fully saturated rings. The second-order valence-electron chi connectivity index (χ2n) is 26.7. The van der Waals surface area contributed by atoms with Gasteiger partial charge in [0.2, 0.25) is 40.1 Å². The zero-order valence-electron chi connectivity index (χ0n) is 65.5. The molecule has 15 aromatic rings. The maximum absolute atomic E-state index is 12.9. The number of anilines is 3. The molecule has 8 heterocycles. The van der Waals surface area contributed by atoms with Crippen LogP contribution in [0.25, 0.3) is 76.5 Å². The summed E-state index contributed by atoms with van der Waals surface area (Å²) < 4.78 is 122. The first-order chi connectivity index (χ1) is 58.2. The molecular weight excluding hydrogens is 1760 g/mol. The van der Waals surface area contributed by atoms with Crippen LogP contribution in [-0.2, 0) is 40.1 Å². The average Bonchev–Trinajstić information content (AvgIpc) is 1.64. The average molecular weight is 1820 g/mol. The molecule has 0 atom stereocenters. The number of nitriles is 4. The molecule has 0 unspecified atom stereocenters. The van der Waals surface area contributed by atoms with Crippen LogP contribution in [-0.4, -0.2) is 154 Å². The summed E-state index contributed by atoms with van der Waals surface area (Å²) in [6.07, 6.45) is 3.00. The van der Waals surface area contributed by atoms with Crippen LogP contribution in [0.5, 0.6) is 23.0 Å². The Hall–Kier alpha value is -14.0. The summed E-state index contributed by atoms with van der Waals surface area (Å²) in [6.45, 7) is 6.89. The predicted octanol–water partition coefficient (Wildman–Crippen LogP) is 17.1. The number of hydrogen-bond acceptors (Lipinski definition) is 37. The first kappa shape index (κ1) is 88.3. The number of carbonyl (C=O) groups is 1. The van der Waals surface area contributed by atoms with E-state index in [9.17, 15) is 74.7 Å². The van der Waals surface area contributed by atoms with Gasteiger partial charge >= 0.3 is 0 Å². The number of benzene rings is 7. The third-order valence-electron chi connectivity index (χ3n) is 17.4. The van der Waals surface area contributed by atoms with Gasteiger partial charge in [-0.25, -0.2) is 57.9 Å². The van der Waals surface area contributed by atoms with Crippen molar-refractivity contribution in [2.24, 2.45) is 40.9 Å². The molecule has 0 bridgehead atoms. The highest BCUT2D eigenvalue weighted by molar-refractivity contribution is 7.92. The van der Waals surface area contributed by atoms with Crippen molar-refractivity contribution in [3.05, 3.63) is 177 Å². The van der Waals surface area contributed by atoms with Gasteiger partial charge in [0.25, 0.3) is 5.91 Å². The number of aromatic hydroxyl groups is 4. The van der Waals surface area contributed by atoms with Crippen molar-refractivity contribution in [2.45, 2.75) is 32.6 Å². The van der Waals surface area contributed by atoms with Gasteiger partial charge in [0.1, 0.15) is 52.2 Å². The standard InChI is InChI=1S/C22H19N7O4S2.C21H19N7O5S3.C19H14N6O3S2.C14H8ClN5OS/c1-11-12(10-23)8-15-20(24-11)27-34-21(15)26-25-17-9-14(22(31)29(2)3)19(30)13-6-5-7-16(18(13)17)28-35(4,32)33;1-11-12(10-22)8-14-20(23-11)26-34-21(14)25-24-16-9-17(36(32,33)28(2)3)19(29)13-6-5-7-15(18(13)16)27-35(4,30)31;1-10-11(9-20)8-13-18(21-10)24-29-19(13)23-22-14-6-7-16(26)17-12(14)4-3-5-15(17)25-30(2,27)28;1-7-8(6-16)4-10-13(17-7)20-22-14(10)19-18-9-2-3-12(21)11(15)5-9/h5-9,28,30H,1-4H3;5-9,27,29H,1-4H3;3-8,25-26H,1-2H3;2-5,21H,1H3. The monoisotopic (exact) mass is 1820 g/mol. The minimum absolute atomic E-state index is 0.0119. The van der Waals surface area contributed by atoms with E-state index >= 15 is 0 Å². The summed E-state index contributed by atoms with van der Waals surface area (Å²) in [5, 5.41) is 118. The van der Waals surface area contributed by atoms with E-state index in [1.165, 1.54) is 67.5 Å². The zero-order chi connectivity index (χ0) is 89.1. The largest absolute Gasteiger partial charge is 0.507 e. The van der Waals surface area contributed by atoms with Crippen LogP contribution in [0.2, 0.25) is 5.02 Å². The van der Waals surface area contributed by atoms with Gasteiger partial charge in [-0.1, -0.05) is 48.0 Å². The molecule has 0 spiro atoms. The summed E-state index contributed by atoms with van der Waals surface area (Å²) in [5.74, 6) is -1.43. The Morgan fingerprint density at radius 1 is 0.415 bits per heavy atom. The van der Waals surface area contributed by atoms with E-state index in [1.807, 2.05) is 0 Å². The fourth-order valence-corrected chi connectivity index (χ4v) is 17.1. The molecule has 8 aromatic heterocycles. The Labute approximate surface area is 720 Å². The Kier molecular flexibility index (Phi) is 25.6. The minimum atomic E-state index is -4.10. The van der Waals surface area contributed by atoms with Crippen LogP contribution in [0.3, 0.4) is 0 Å². The number of pyridine rings is 4. The molecule has 47 heteroatoms. The first-order valence-electron chi connectivity index (χ1n) is 34.9. The Morgan fingerprint density at radius 2 is 0.764 bits per heavy atom. The lowest BCUT2D eigenvalue weighted by atomic mass is 10.0. The number of aryl methyl sites for hydroxylation is 4. The van der Waals surface area contributed by atoms with Crippen molar-refractivity contribution < 1.29 is 58.9 Å². The quantitative estimate of drug-likeness (QED) is 0.0416. The number of phenols is 4. The Bertz CT molecular complexity index is 7720. The van der Waals surface area contributed by atoms with E-state index in [0.29, 0.717) is 131 Å². The van der Waals surface area contributed by atoms with Crippen LogP contribution in [0.1, 0.15) is 55.4 Å². The number of fused-ring (bicyclic) bond motifs is 7. The van der Waals surface area contributed by atoms with Crippen LogP contribution in [0, 0.1) is 73.0 Å².